The zero-order valence-corrected chi connectivity index (χ0v) is 10.7. The molecular weight excluding hydrogens is 304 g/mol. The standard InChI is InChI=1S/C10H9BrN4O3/c11-7-1-2-8(12-5-7)15-6-9(13-14-15)18-4-3-10(16)17/h1-2,5-6H,3-4H2,(H,16,17). The maximum absolute atomic E-state index is 10.3. The van der Waals surface area contributed by atoms with Gasteiger partial charge in [-0.25, -0.2) is 4.98 Å². The lowest BCUT2D eigenvalue weighted by Crippen LogP contribution is -2.04. The second-order valence-corrected chi connectivity index (χ2v) is 4.24. The molecule has 0 aliphatic rings. The summed E-state index contributed by atoms with van der Waals surface area (Å²) in [5.41, 5.74) is 0. The van der Waals surface area contributed by atoms with Crippen LogP contribution in [0.1, 0.15) is 6.42 Å². The summed E-state index contributed by atoms with van der Waals surface area (Å²) in [6.07, 6.45) is 3.10. The molecule has 7 nitrogen and oxygen atoms in total. The molecule has 0 amide bonds. The van der Waals surface area contributed by atoms with Crippen molar-refractivity contribution in [3.8, 4) is 11.7 Å². The maximum Gasteiger partial charge on any atom is 0.306 e. The Morgan fingerprint density at radius 3 is 3.00 bits per heavy atom. The van der Waals surface area contributed by atoms with Gasteiger partial charge in [-0.05, 0) is 28.1 Å². The zero-order valence-electron chi connectivity index (χ0n) is 9.15. The zero-order chi connectivity index (χ0) is 13.0. The van der Waals surface area contributed by atoms with Crippen molar-refractivity contribution < 1.29 is 14.6 Å². The van der Waals surface area contributed by atoms with E-state index in [1.165, 1.54) is 10.9 Å². The lowest BCUT2D eigenvalue weighted by atomic mass is 10.5. The third kappa shape index (κ3) is 3.27. The van der Waals surface area contributed by atoms with Gasteiger partial charge in [-0.1, -0.05) is 10.3 Å². The number of aromatic nitrogens is 4. The number of halogens is 1. The fourth-order valence-corrected chi connectivity index (χ4v) is 1.41. The molecule has 0 aliphatic heterocycles. The van der Waals surface area contributed by atoms with Gasteiger partial charge in [0.05, 0.1) is 12.6 Å². The average Bonchev–Trinajstić information content (AvgIpc) is 2.78. The number of rotatable bonds is 5. The summed E-state index contributed by atoms with van der Waals surface area (Å²) in [7, 11) is 0. The quantitative estimate of drug-likeness (QED) is 0.894. The van der Waals surface area contributed by atoms with Gasteiger partial charge in [0.25, 0.3) is 5.88 Å². The molecule has 2 aromatic rings. The second-order valence-electron chi connectivity index (χ2n) is 3.33. The van der Waals surface area contributed by atoms with E-state index in [9.17, 15) is 4.79 Å². The minimum atomic E-state index is -0.919. The second kappa shape index (κ2) is 5.58. The van der Waals surface area contributed by atoms with Gasteiger partial charge in [-0.15, -0.1) is 0 Å². The number of carbonyl (C=O) groups is 1. The van der Waals surface area contributed by atoms with Crippen molar-refractivity contribution in [2.75, 3.05) is 6.61 Å². The van der Waals surface area contributed by atoms with Gasteiger partial charge in [-0.2, -0.15) is 4.68 Å². The smallest absolute Gasteiger partial charge is 0.306 e. The van der Waals surface area contributed by atoms with E-state index in [4.69, 9.17) is 9.84 Å². The first-order valence-electron chi connectivity index (χ1n) is 5.04. The first kappa shape index (κ1) is 12.5. The number of carboxylic acid groups (broad SMARTS) is 1. The Bertz CT molecular complexity index is 540. The van der Waals surface area contributed by atoms with Crippen molar-refractivity contribution in [2.45, 2.75) is 6.42 Å². The van der Waals surface area contributed by atoms with E-state index >= 15 is 0 Å². The largest absolute Gasteiger partial charge is 0.481 e. The highest BCUT2D eigenvalue weighted by Gasteiger charge is 2.05. The summed E-state index contributed by atoms with van der Waals surface area (Å²) in [6.45, 7) is 0.0573. The molecule has 94 valence electrons. The first-order valence-corrected chi connectivity index (χ1v) is 5.83. The van der Waals surface area contributed by atoms with Crippen LogP contribution < -0.4 is 4.74 Å². The lowest BCUT2D eigenvalue weighted by molar-refractivity contribution is -0.137. The van der Waals surface area contributed by atoms with Crippen molar-refractivity contribution in [3.63, 3.8) is 0 Å². The molecule has 0 spiro atoms. The van der Waals surface area contributed by atoms with Gasteiger partial charge in [0.2, 0.25) is 0 Å². The SMILES string of the molecule is O=C(O)CCOc1cn(-c2ccc(Br)cn2)nn1. The summed E-state index contributed by atoms with van der Waals surface area (Å²) >= 11 is 3.28. The molecule has 1 N–H and O–H groups in total. The summed E-state index contributed by atoms with van der Waals surface area (Å²) in [6, 6.07) is 3.59. The number of hydrogen-bond acceptors (Lipinski definition) is 5. The van der Waals surface area contributed by atoms with Crippen molar-refractivity contribution >= 4 is 21.9 Å². The van der Waals surface area contributed by atoms with Crippen LogP contribution in [0.25, 0.3) is 5.82 Å². The van der Waals surface area contributed by atoms with E-state index in [0.29, 0.717) is 5.82 Å². The third-order valence-corrected chi connectivity index (χ3v) is 2.45. The molecule has 2 heterocycles. The van der Waals surface area contributed by atoms with Gasteiger partial charge in [-0.3, -0.25) is 4.79 Å². The van der Waals surface area contributed by atoms with E-state index in [2.05, 4.69) is 31.2 Å². The molecule has 2 aromatic heterocycles. The number of carboxylic acids is 1. The predicted octanol–water partition coefficient (Wildman–Crippen LogP) is 1.28. The summed E-state index contributed by atoms with van der Waals surface area (Å²) in [5.74, 6) is -0.0586. The van der Waals surface area contributed by atoms with Crippen LogP contribution in [0.15, 0.2) is 29.0 Å². The van der Waals surface area contributed by atoms with E-state index in [1.807, 2.05) is 6.07 Å². The number of aliphatic carboxylic acids is 1. The lowest BCUT2D eigenvalue weighted by Gasteiger charge is -1.98. The third-order valence-electron chi connectivity index (χ3n) is 1.98. The fraction of sp³-hybridized carbons (Fsp3) is 0.200. The van der Waals surface area contributed by atoms with Crippen LogP contribution in [0.3, 0.4) is 0 Å². The van der Waals surface area contributed by atoms with Gasteiger partial charge in [0.1, 0.15) is 6.61 Å². The van der Waals surface area contributed by atoms with Crippen molar-refractivity contribution in [1.29, 1.82) is 0 Å². The molecular formula is C10H9BrN4O3. The van der Waals surface area contributed by atoms with Crippen LogP contribution in [0, 0.1) is 0 Å². The van der Waals surface area contributed by atoms with Gasteiger partial charge < -0.3 is 9.84 Å². The Kier molecular flexibility index (Phi) is 3.88. The summed E-state index contributed by atoms with van der Waals surface area (Å²) in [4.78, 5) is 14.4. The highest BCUT2D eigenvalue weighted by molar-refractivity contribution is 9.10. The number of pyridine rings is 1. The Labute approximate surface area is 111 Å². The Morgan fingerprint density at radius 1 is 1.50 bits per heavy atom. The number of nitrogens with zero attached hydrogens (tertiary/aromatic N) is 4. The monoisotopic (exact) mass is 312 g/mol. The minimum absolute atomic E-state index is 0.0573. The van der Waals surface area contributed by atoms with Crippen molar-refractivity contribution in [2.24, 2.45) is 0 Å². The predicted molar refractivity (Wildman–Crippen MR) is 64.6 cm³/mol. The molecule has 2 rings (SSSR count). The van der Waals surface area contributed by atoms with E-state index in [-0.39, 0.29) is 18.9 Å². The van der Waals surface area contributed by atoms with E-state index in [1.54, 1.807) is 12.3 Å². The summed E-state index contributed by atoms with van der Waals surface area (Å²) in [5, 5.41) is 16.1. The van der Waals surface area contributed by atoms with Crippen molar-refractivity contribution in [1.82, 2.24) is 20.0 Å². The average molecular weight is 313 g/mol. The van der Waals surface area contributed by atoms with E-state index < -0.39 is 5.97 Å². The van der Waals surface area contributed by atoms with Crippen LogP contribution in [-0.2, 0) is 4.79 Å². The molecule has 0 bridgehead atoms. The molecule has 0 aliphatic carbocycles. The topological polar surface area (TPSA) is 90.1 Å². The van der Waals surface area contributed by atoms with Gasteiger partial charge >= 0.3 is 5.97 Å². The molecule has 0 saturated carbocycles. The molecule has 0 radical (unpaired) electrons. The van der Waals surface area contributed by atoms with Crippen LogP contribution in [0.2, 0.25) is 0 Å². The summed E-state index contributed by atoms with van der Waals surface area (Å²) < 4.78 is 7.44. The van der Waals surface area contributed by atoms with Gasteiger partial charge in [0.15, 0.2) is 5.82 Å². The molecule has 0 fully saturated rings. The normalized spacial score (nSPS) is 10.3. The molecule has 0 saturated heterocycles. The van der Waals surface area contributed by atoms with Crippen molar-refractivity contribution in [3.05, 3.63) is 29.0 Å². The maximum atomic E-state index is 10.3. The van der Waals surface area contributed by atoms with Gasteiger partial charge in [0, 0.05) is 10.7 Å². The Hall–Kier alpha value is -1.96. The number of hydrogen-bond donors (Lipinski definition) is 1. The molecule has 0 atom stereocenters. The number of ether oxygens (including phenoxy) is 1. The highest BCUT2D eigenvalue weighted by Crippen LogP contribution is 2.12. The highest BCUT2D eigenvalue weighted by atomic mass is 79.9. The Balaban J connectivity index is 2.01. The van der Waals surface area contributed by atoms with E-state index in [0.717, 1.165) is 4.47 Å². The molecule has 18 heavy (non-hydrogen) atoms. The van der Waals surface area contributed by atoms with Crippen LogP contribution in [0.4, 0.5) is 0 Å². The van der Waals surface area contributed by atoms with Crippen LogP contribution in [-0.4, -0.2) is 37.7 Å². The molecule has 0 aromatic carbocycles. The minimum Gasteiger partial charge on any atom is -0.481 e. The molecule has 8 heteroatoms. The Morgan fingerprint density at radius 2 is 2.33 bits per heavy atom. The first-order chi connectivity index (χ1) is 8.65. The van der Waals surface area contributed by atoms with Crippen LogP contribution in [0.5, 0.6) is 5.88 Å². The molecule has 0 unspecified atom stereocenters. The fourth-order valence-electron chi connectivity index (χ4n) is 1.17. The van der Waals surface area contributed by atoms with Crippen LogP contribution >= 0.6 is 15.9 Å².